The number of carbonyl (C=O) groups excluding carboxylic acids is 1. The summed E-state index contributed by atoms with van der Waals surface area (Å²) < 4.78 is 2.87. The molecule has 1 N–H and O–H groups in total. The second kappa shape index (κ2) is 5.12. The Morgan fingerprint density at radius 3 is 2.42 bits per heavy atom. The second-order valence-electron chi connectivity index (χ2n) is 2.33. The molecule has 0 spiro atoms. The van der Waals surface area contributed by atoms with Crippen LogP contribution in [0.4, 0.5) is 0 Å². The highest BCUT2D eigenvalue weighted by atomic mass is 35.6. The van der Waals surface area contributed by atoms with E-state index in [0.29, 0.717) is 6.61 Å². The predicted molar refractivity (Wildman–Crippen MR) is 49.8 cm³/mol. The monoisotopic (exact) mass is 233 g/mol. The van der Waals surface area contributed by atoms with Gasteiger partial charge in [0.15, 0.2) is 0 Å². The zero-order valence-electron chi connectivity index (χ0n) is 6.73. The molecule has 0 aromatic rings. The van der Waals surface area contributed by atoms with Gasteiger partial charge in [0.05, 0.1) is 6.61 Å². The van der Waals surface area contributed by atoms with E-state index in [1.165, 1.54) is 7.11 Å². The number of methoxy groups -OCH3 is 1. The normalized spacial score (nSPS) is 14.1. The van der Waals surface area contributed by atoms with Crippen LogP contribution in [0.15, 0.2) is 0 Å². The van der Waals surface area contributed by atoms with Crippen molar-refractivity contribution in [2.45, 2.75) is 16.8 Å². The van der Waals surface area contributed by atoms with Crippen molar-refractivity contribution in [3.8, 4) is 0 Å². The molecule has 0 fully saturated rings. The third-order valence-electron chi connectivity index (χ3n) is 1.05. The Morgan fingerprint density at radius 2 is 2.08 bits per heavy atom. The molecule has 12 heavy (non-hydrogen) atoms. The third-order valence-corrected chi connectivity index (χ3v) is 1.57. The molecule has 0 radical (unpaired) electrons. The van der Waals surface area contributed by atoms with Gasteiger partial charge in [0.25, 0.3) is 9.70 Å². The molecule has 0 aliphatic rings. The first-order valence-corrected chi connectivity index (χ1v) is 4.38. The molecule has 0 bridgehead atoms. The van der Waals surface area contributed by atoms with Gasteiger partial charge in [0, 0.05) is 13.2 Å². The molecule has 0 aliphatic carbocycles. The van der Waals surface area contributed by atoms with Gasteiger partial charge in [0.2, 0.25) is 0 Å². The predicted octanol–water partition coefficient (Wildman–Crippen LogP) is 1.51. The van der Waals surface area contributed by atoms with Gasteiger partial charge in [-0.2, -0.15) is 0 Å². The lowest BCUT2D eigenvalue weighted by molar-refractivity contribution is -0.121. The Hall–Kier alpha value is 0.300. The first kappa shape index (κ1) is 12.3. The molecule has 0 saturated carbocycles. The Balaban J connectivity index is 3.85. The molecule has 0 aromatic carbocycles. The van der Waals surface area contributed by atoms with Crippen LogP contribution in [0.25, 0.3) is 0 Å². The second-order valence-corrected chi connectivity index (χ2v) is 4.61. The number of nitrogens with one attached hydrogen (secondary N) is 1. The van der Waals surface area contributed by atoms with E-state index in [1.54, 1.807) is 6.92 Å². The van der Waals surface area contributed by atoms with Crippen LogP contribution in [0.2, 0.25) is 0 Å². The SMILES string of the molecule is COC[C@@H](C)NC(=O)C(Cl)(Cl)Cl. The van der Waals surface area contributed by atoms with Gasteiger partial charge in [-0.3, -0.25) is 4.79 Å². The van der Waals surface area contributed by atoms with Crippen molar-refractivity contribution < 1.29 is 9.53 Å². The quantitative estimate of drug-likeness (QED) is 0.752. The Kier molecular flexibility index (Phi) is 5.25. The number of hydrogen-bond acceptors (Lipinski definition) is 2. The van der Waals surface area contributed by atoms with Gasteiger partial charge in [-0.05, 0) is 6.92 Å². The molecule has 0 saturated heterocycles. The van der Waals surface area contributed by atoms with Crippen LogP contribution in [0.5, 0.6) is 0 Å². The van der Waals surface area contributed by atoms with Gasteiger partial charge in [-0.15, -0.1) is 0 Å². The average Bonchev–Trinajstić information content (AvgIpc) is 1.85. The first-order valence-electron chi connectivity index (χ1n) is 3.24. The molecular weight excluding hydrogens is 224 g/mol. The smallest absolute Gasteiger partial charge is 0.272 e. The van der Waals surface area contributed by atoms with E-state index >= 15 is 0 Å². The summed E-state index contributed by atoms with van der Waals surface area (Å²) in [5.74, 6) is -0.642. The van der Waals surface area contributed by atoms with E-state index in [0.717, 1.165) is 0 Å². The fourth-order valence-electron chi connectivity index (χ4n) is 0.597. The van der Waals surface area contributed by atoms with Crippen LogP contribution in [-0.2, 0) is 9.53 Å². The fraction of sp³-hybridized carbons (Fsp3) is 0.833. The summed E-state index contributed by atoms with van der Waals surface area (Å²) >= 11 is 15.9. The lowest BCUT2D eigenvalue weighted by Gasteiger charge is -2.16. The number of alkyl halides is 3. The van der Waals surface area contributed by atoms with Crippen LogP contribution in [0.3, 0.4) is 0 Å². The minimum Gasteiger partial charge on any atom is -0.383 e. The highest BCUT2D eigenvalue weighted by molar-refractivity contribution is 6.76. The Morgan fingerprint density at radius 1 is 1.58 bits per heavy atom. The summed E-state index contributed by atoms with van der Waals surface area (Å²) in [6.45, 7) is 2.13. The maximum absolute atomic E-state index is 11.0. The third kappa shape index (κ3) is 5.04. The minimum absolute atomic E-state index is 0.168. The van der Waals surface area contributed by atoms with Crippen LogP contribution in [0, 0.1) is 0 Å². The molecule has 72 valence electrons. The van der Waals surface area contributed by atoms with Crippen molar-refractivity contribution in [3.05, 3.63) is 0 Å². The largest absolute Gasteiger partial charge is 0.383 e. The summed E-state index contributed by atoms with van der Waals surface area (Å²) in [5, 5.41) is 2.46. The summed E-state index contributed by atoms with van der Waals surface area (Å²) in [7, 11) is 1.53. The number of ether oxygens (including phenoxy) is 1. The van der Waals surface area contributed by atoms with Crippen molar-refractivity contribution in [2.24, 2.45) is 0 Å². The molecule has 6 heteroatoms. The van der Waals surface area contributed by atoms with Crippen molar-refractivity contribution in [1.29, 1.82) is 0 Å². The number of carbonyl (C=O) groups is 1. The number of hydrogen-bond donors (Lipinski definition) is 1. The van der Waals surface area contributed by atoms with Crippen LogP contribution in [-0.4, -0.2) is 29.5 Å². The molecule has 0 heterocycles. The zero-order valence-corrected chi connectivity index (χ0v) is 9.00. The zero-order chi connectivity index (χ0) is 9.78. The van der Waals surface area contributed by atoms with Crippen molar-refractivity contribution in [1.82, 2.24) is 5.32 Å². The van der Waals surface area contributed by atoms with E-state index < -0.39 is 9.70 Å². The highest BCUT2D eigenvalue weighted by Crippen LogP contribution is 2.25. The molecule has 0 aliphatic heterocycles. The average molecular weight is 235 g/mol. The standard InChI is InChI=1S/C6H10Cl3NO2/c1-4(3-12-2)10-5(11)6(7,8)9/h4H,3H2,1-2H3,(H,10,11)/t4-/m1/s1. The van der Waals surface area contributed by atoms with Gasteiger partial charge in [-0.1, -0.05) is 34.8 Å². The number of rotatable bonds is 3. The van der Waals surface area contributed by atoms with Crippen LogP contribution >= 0.6 is 34.8 Å². The summed E-state index contributed by atoms with van der Waals surface area (Å²) in [6.07, 6.45) is 0. The minimum atomic E-state index is -1.90. The Bertz CT molecular complexity index is 157. The molecule has 0 aromatic heterocycles. The summed E-state index contributed by atoms with van der Waals surface area (Å²) in [6, 6.07) is -0.168. The number of halogens is 3. The van der Waals surface area contributed by atoms with E-state index in [9.17, 15) is 4.79 Å². The topological polar surface area (TPSA) is 38.3 Å². The van der Waals surface area contributed by atoms with Gasteiger partial charge in [-0.25, -0.2) is 0 Å². The van der Waals surface area contributed by atoms with E-state index in [-0.39, 0.29) is 6.04 Å². The summed E-state index contributed by atoms with van der Waals surface area (Å²) in [4.78, 5) is 11.0. The molecule has 0 rings (SSSR count). The lowest BCUT2D eigenvalue weighted by Crippen LogP contribution is -2.42. The maximum Gasteiger partial charge on any atom is 0.272 e. The van der Waals surface area contributed by atoms with Crippen molar-refractivity contribution in [3.63, 3.8) is 0 Å². The van der Waals surface area contributed by atoms with Gasteiger partial charge < -0.3 is 10.1 Å². The maximum atomic E-state index is 11.0. The number of amides is 1. The van der Waals surface area contributed by atoms with E-state index in [2.05, 4.69) is 5.32 Å². The van der Waals surface area contributed by atoms with Crippen molar-refractivity contribution >= 4 is 40.7 Å². The molecule has 1 atom stereocenters. The molecule has 0 unspecified atom stereocenters. The van der Waals surface area contributed by atoms with E-state index in [1.807, 2.05) is 0 Å². The summed E-state index contributed by atoms with van der Waals surface area (Å²) in [5.41, 5.74) is 0. The fourth-order valence-corrected chi connectivity index (χ4v) is 0.761. The van der Waals surface area contributed by atoms with Gasteiger partial charge in [0.1, 0.15) is 0 Å². The van der Waals surface area contributed by atoms with Crippen LogP contribution in [0.1, 0.15) is 6.92 Å². The lowest BCUT2D eigenvalue weighted by atomic mass is 10.3. The molecule has 3 nitrogen and oxygen atoms in total. The van der Waals surface area contributed by atoms with Crippen LogP contribution < -0.4 is 5.32 Å². The molecule has 1 amide bonds. The molecular formula is C6H10Cl3NO2. The van der Waals surface area contributed by atoms with E-state index in [4.69, 9.17) is 39.5 Å². The van der Waals surface area contributed by atoms with Crippen molar-refractivity contribution in [2.75, 3.05) is 13.7 Å². The highest BCUT2D eigenvalue weighted by Gasteiger charge is 2.31. The van der Waals surface area contributed by atoms with Gasteiger partial charge >= 0.3 is 0 Å². The Labute approximate surface area is 86.3 Å². The first-order chi connectivity index (χ1) is 5.38.